The topological polar surface area (TPSA) is 65.7 Å². The Labute approximate surface area is 156 Å². The number of esters is 1. The molecule has 1 atom stereocenters. The lowest BCUT2D eigenvalue weighted by Gasteiger charge is -2.22. The average Bonchev–Trinajstić information content (AvgIpc) is 3.15. The number of halogens is 1. The first-order valence-electron chi connectivity index (χ1n) is 8.15. The fourth-order valence-corrected chi connectivity index (χ4v) is 2.79. The highest BCUT2D eigenvalue weighted by atomic mass is 35.5. The van der Waals surface area contributed by atoms with Gasteiger partial charge in [0.15, 0.2) is 5.90 Å². The predicted octanol–water partition coefficient (Wildman–Crippen LogP) is 3.97. The van der Waals surface area contributed by atoms with Crippen molar-refractivity contribution in [3.05, 3.63) is 48.4 Å². The van der Waals surface area contributed by atoms with Crippen molar-refractivity contribution >= 4 is 40.2 Å². The second-order valence-corrected chi connectivity index (χ2v) is 7.18. The Morgan fingerprint density at radius 1 is 1.50 bits per heavy atom. The molecule has 1 aromatic carbocycles. The number of aliphatic imine (C=N–C) groups is 1. The summed E-state index contributed by atoms with van der Waals surface area (Å²) >= 11 is 6.33. The fraction of sp³-hybridized carbons (Fsp3) is 0.316. The number of benzene rings is 1. The van der Waals surface area contributed by atoms with Crippen molar-refractivity contribution in [1.82, 2.24) is 9.55 Å². The second-order valence-electron chi connectivity index (χ2n) is 6.77. The highest BCUT2D eigenvalue weighted by Gasteiger charge is 2.45. The molecule has 7 heteroatoms. The van der Waals surface area contributed by atoms with Crippen LogP contribution in [0.4, 0.5) is 0 Å². The van der Waals surface area contributed by atoms with Gasteiger partial charge in [-0.3, -0.25) is 4.57 Å². The van der Waals surface area contributed by atoms with Crippen molar-refractivity contribution in [2.24, 2.45) is 10.4 Å². The monoisotopic (exact) mass is 373 g/mol. The number of allylic oxidation sites excluding steroid dienone is 2. The molecular weight excluding hydrogens is 354 g/mol. The van der Waals surface area contributed by atoms with Crippen LogP contribution in [-0.4, -0.2) is 34.1 Å². The van der Waals surface area contributed by atoms with Gasteiger partial charge in [0.05, 0.1) is 28.0 Å². The van der Waals surface area contributed by atoms with Crippen molar-refractivity contribution in [2.75, 3.05) is 6.61 Å². The molecule has 26 heavy (non-hydrogen) atoms. The lowest BCUT2D eigenvalue weighted by molar-refractivity contribution is -0.144. The molecule has 2 aromatic rings. The van der Waals surface area contributed by atoms with Crippen molar-refractivity contribution in [3.8, 4) is 0 Å². The van der Waals surface area contributed by atoms with Crippen LogP contribution in [0.1, 0.15) is 20.8 Å². The number of para-hydroxylation sites is 2. The van der Waals surface area contributed by atoms with E-state index in [2.05, 4.69) is 16.6 Å². The zero-order chi connectivity index (χ0) is 18.9. The lowest BCUT2D eigenvalue weighted by Crippen LogP contribution is -2.34. The Morgan fingerprint density at radius 2 is 2.23 bits per heavy atom. The van der Waals surface area contributed by atoms with Crippen molar-refractivity contribution < 1.29 is 14.3 Å². The SMILES string of the molecule is C=C(/C(Cl)=C\N=C(C)OC1C(=O)OCC1(C)C)n1cnc2ccccc21. The number of hydrogen-bond donors (Lipinski definition) is 0. The molecule has 0 bridgehead atoms. The van der Waals surface area contributed by atoms with Gasteiger partial charge >= 0.3 is 5.97 Å². The van der Waals surface area contributed by atoms with Crippen LogP contribution >= 0.6 is 11.6 Å². The third-order valence-corrected chi connectivity index (χ3v) is 4.49. The number of imidazole rings is 1. The van der Waals surface area contributed by atoms with E-state index in [1.807, 2.05) is 38.1 Å². The van der Waals surface area contributed by atoms with Gasteiger partial charge in [0.2, 0.25) is 6.10 Å². The van der Waals surface area contributed by atoms with Gasteiger partial charge in [-0.1, -0.05) is 44.2 Å². The molecule has 6 nitrogen and oxygen atoms in total. The van der Waals surface area contributed by atoms with E-state index in [1.54, 1.807) is 17.8 Å². The predicted molar refractivity (Wildman–Crippen MR) is 102 cm³/mol. The smallest absolute Gasteiger partial charge is 0.348 e. The average molecular weight is 374 g/mol. The van der Waals surface area contributed by atoms with Crippen LogP contribution in [0.2, 0.25) is 0 Å². The van der Waals surface area contributed by atoms with Crippen LogP contribution in [-0.2, 0) is 14.3 Å². The number of cyclic esters (lactones) is 1. The van der Waals surface area contributed by atoms with Crippen LogP contribution in [0.25, 0.3) is 16.7 Å². The molecule has 1 aliphatic heterocycles. The quantitative estimate of drug-likeness (QED) is 0.352. The van der Waals surface area contributed by atoms with E-state index in [9.17, 15) is 4.79 Å². The zero-order valence-corrected chi connectivity index (χ0v) is 15.7. The number of fused-ring (bicyclic) bond motifs is 1. The molecule has 0 spiro atoms. The molecule has 0 amide bonds. The third-order valence-electron chi connectivity index (χ3n) is 4.18. The van der Waals surface area contributed by atoms with Crippen molar-refractivity contribution in [3.63, 3.8) is 0 Å². The van der Waals surface area contributed by atoms with E-state index in [0.29, 0.717) is 23.2 Å². The van der Waals surface area contributed by atoms with Gasteiger partial charge in [-0.25, -0.2) is 14.8 Å². The first kappa shape index (κ1) is 18.2. The summed E-state index contributed by atoms with van der Waals surface area (Å²) in [5.74, 6) is -0.0581. The molecule has 0 saturated carbocycles. The van der Waals surface area contributed by atoms with Gasteiger partial charge in [-0.05, 0) is 12.1 Å². The molecular formula is C19H20ClN3O3. The Balaban J connectivity index is 1.75. The summed E-state index contributed by atoms with van der Waals surface area (Å²) in [4.78, 5) is 20.3. The van der Waals surface area contributed by atoms with Gasteiger partial charge in [-0.2, -0.15) is 0 Å². The highest BCUT2D eigenvalue weighted by Crippen LogP contribution is 2.31. The maximum Gasteiger partial charge on any atom is 0.348 e. The summed E-state index contributed by atoms with van der Waals surface area (Å²) in [6.45, 7) is 9.81. The van der Waals surface area contributed by atoms with Crippen molar-refractivity contribution in [1.29, 1.82) is 0 Å². The first-order valence-corrected chi connectivity index (χ1v) is 8.52. The Morgan fingerprint density at radius 3 is 2.92 bits per heavy atom. The van der Waals surface area contributed by atoms with E-state index < -0.39 is 11.5 Å². The Kier molecular flexibility index (Phi) is 4.87. The largest absolute Gasteiger partial charge is 0.465 e. The summed E-state index contributed by atoms with van der Waals surface area (Å²) < 4.78 is 12.5. The zero-order valence-electron chi connectivity index (χ0n) is 14.9. The molecule has 2 heterocycles. The van der Waals surface area contributed by atoms with Crippen LogP contribution < -0.4 is 0 Å². The van der Waals surface area contributed by atoms with E-state index in [4.69, 9.17) is 21.1 Å². The second kappa shape index (κ2) is 6.96. The maximum atomic E-state index is 11.8. The van der Waals surface area contributed by atoms with Crippen molar-refractivity contribution in [2.45, 2.75) is 26.9 Å². The van der Waals surface area contributed by atoms with E-state index in [1.165, 1.54) is 6.20 Å². The summed E-state index contributed by atoms with van der Waals surface area (Å²) in [5, 5.41) is 0.337. The molecule has 1 aliphatic rings. The standard InChI is InChI=1S/C19H20ClN3O3/c1-12(23-11-22-15-7-5-6-8-16(15)23)14(20)9-21-13(2)26-17-18(24)25-10-19(17,3)4/h5-9,11,17H,1,10H2,2-4H3/b14-9+,21-13?. The maximum absolute atomic E-state index is 11.8. The van der Waals surface area contributed by atoms with E-state index >= 15 is 0 Å². The Hall–Kier alpha value is -2.60. The Bertz CT molecular complexity index is 927. The summed E-state index contributed by atoms with van der Waals surface area (Å²) in [5.41, 5.74) is 1.89. The molecule has 0 radical (unpaired) electrons. The minimum absolute atomic E-state index is 0.323. The van der Waals surface area contributed by atoms with E-state index in [-0.39, 0.29) is 5.97 Å². The minimum Gasteiger partial charge on any atom is -0.465 e. The molecule has 3 rings (SSSR count). The third kappa shape index (κ3) is 3.51. The number of carbonyl (C=O) groups is 1. The fourth-order valence-electron chi connectivity index (χ4n) is 2.65. The van der Waals surface area contributed by atoms with Gasteiger partial charge in [0.25, 0.3) is 0 Å². The van der Waals surface area contributed by atoms with Gasteiger partial charge in [0, 0.05) is 12.3 Å². The molecule has 1 saturated heterocycles. The number of carbonyl (C=O) groups excluding carboxylic acids is 1. The number of aromatic nitrogens is 2. The highest BCUT2D eigenvalue weighted by molar-refractivity contribution is 6.35. The molecule has 1 fully saturated rings. The molecule has 0 N–H and O–H groups in total. The van der Waals surface area contributed by atoms with Crippen LogP contribution in [0.15, 0.2) is 53.4 Å². The summed E-state index contributed by atoms with van der Waals surface area (Å²) in [7, 11) is 0. The minimum atomic E-state index is -0.681. The number of nitrogens with zero attached hydrogens (tertiary/aromatic N) is 3. The lowest BCUT2D eigenvalue weighted by atomic mass is 9.90. The van der Waals surface area contributed by atoms with Crippen LogP contribution in [0.3, 0.4) is 0 Å². The van der Waals surface area contributed by atoms with Crippen LogP contribution in [0, 0.1) is 5.41 Å². The number of hydrogen-bond acceptors (Lipinski definition) is 5. The number of rotatable bonds is 4. The number of ether oxygens (including phenoxy) is 2. The molecule has 0 aliphatic carbocycles. The van der Waals surface area contributed by atoms with E-state index in [0.717, 1.165) is 11.0 Å². The molecule has 1 aromatic heterocycles. The van der Waals surface area contributed by atoms with Gasteiger partial charge in [0.1, 0.15) is 12.9 Å². The normalized spacial score (nSPS) is 20.3. The summed E-state index contributed by atoms with van der Waals surface area (Å²) in [6, 6.07) is 7.68. The van der Waals surface area contributed by atoms with Gasteiger partial charge in [-0.15, -0.1) is 0 Å². The summed E-state index contributed by atoms with van der Waals surface area (Å²) in [6.07, 6.45) is 2.42. The van der Waals surface area contributed by atoms with Gasteiger partial charge < -0.3 is 9.47 Å². The molecule has 136 valence electrons. The molecule has 1 unspecified atom stereocenters. The first-order chi connectivity index (χ1) is 12.3. The van der Waals surface area contributed by atoms with Crippen LogP contribution in [0.5, 0.6) is 0 Å².